The minimum atomic E-state index is -0.842. The van der Waals surface area contributed by atoms with Gasteiger partial charge in [-0.2, -0.15) is 0 Å². The van der Waals surface area contributed by atoms with E-state index in [2.05, 4.69) is 15.6 Å². The second kappa shape index (κ2) is 10.6. The zero-order chi connectivity index (χ0) is 24.9. The monoisotopic (exact) mass is 499 g/mol. The summed E-state index contributed by atoms with van der Waals surface area (Å²) < 4.78 is 6.96. The Morgan fingerprint density at radius 1 is 1.06 bits per heavy atom. The molecule has 5 rings (SSSR count). The number of para-hydroxylation sites is 1. The van der Waals surface area contributed by atoms with E-state index in [-0.39, 0.29) is 31.4 Å². The van der Waals surface area contributed by atoms with Gasteiger partial charge >= 0.3 is 0 Å². The molecule has 0 fully saturated rings. The largest absolute Gasteiger partial charge is 0.467 e. The normalized spacial score (nSPS) is 11.9. The molecule has 5 aromatic rings. The van der Waals surface area contributed by atoms with Crippen LogP contribution in [0.2, 0.25) is 0 Å². The van der Waals surface area contributed by atoms with Crippen molar-refractivity contribution in [3.63, 3.8) is 0 Å². The van der Waals surface area contributed by atoms with Gasteiger partial charge in [-0.05, 0) is 53.8 Å². The van der Waals surface area contributed by atoms with Crippen molar-refractivity contribution in [2.24, 2.45) is 0 Å². The Kier molecular flexibility index (Phi) is 6.90. The lowest BCUT2D eigenvalue weighted by molar-refractivity contribution is -0.142. The number of nitrogens with one attached hydrogen (secondary N) is 1. The Bertz CT molecular complexity index is 1460. The van der Waals surface area contributed by atoms with Crippen molar-refractivity contribution in [2.75, 3.05) is 0 Å². The quantitative estimate of drug-likeness (QED) is 0.323. The number of aromatic nitrogens is 3. The molecule has 0 aliphatic heterocycles. The van der Waals surface area contributed by atoms with Crippen LogP contribution >= 0.6 is 11.3 Å². The van der Waals surface area contributed by atoms with Crippen LogP contribution in [0.5, 0.6) is 0 Å². The van der Waals surface area contributed by atoms with Gasteiger partial charge in [0.1, 0.15) is 23.9 Å². The molecule has 0 unspecified atom stereocenters. The molecule has 1 N–H and O–H groups in total. The average Bonchev–Trinajstić information content (AvgIpc) is 3.67. The van der Waals surface area contributed by atoms with Crippen molar-refractivity contribution in [2.45, 2.75) is 32.6 Å². The standard InChI is InChI=1S/C27H25N5O3S/c1-19-8-2-3-11-22(19)26(27(34)28-16-20-9-6-14-35-20)31(17-21-10-7-15-36-21)25(33)18-32-24-13-5-4-12-23(24)29-30-32/h2-15,26H,16-18H2,1H3,(H,28,34)/t26-/m1/s1. The van der Waals surface area contributed by atoms with E-state index in [1.807, 2.05) is 73.0 Å². The first-order valence-electron chi connectivity index (χ1n) is 11.6. The number of hydrogen-bond donors (Lipinski definition) is 1. The van der Waals surface area contributed by atoms with Gasteiger partial charge in [-0.15, -0.1) is 16.4 Å². The van der Waals surface area contributed by atoms with Gasteiger partial charge in [0, 0.05) is 4.88 Å². The number of fused-ring (bicyclic) bond motifs is 1. The third kappa shape index (κ3) is 5.06. The fourth-order valence-electron chi connectivity index (χ4n) is 4.18. The van der Waals surface area contributed by atoms with Gasteiger partial charge in [0.25, 0.3) is 0 Å². The second-order valence-electron chi connectivity index (χ2n) is 8.39. The number of carbonyl (C=O) groups is 2. The van der Waals surface area contributed by atoms with E-state index in [4.69, 9.17) is 4.42 Å². The summed E-state index contributed by atoms with van der Waals surface area (Å²) in [5, 5.41) is 13.3. The minimum absolute atomic E-state index is 0.0419. The fourth-order valence-corrected chi connectivity index (χ4v) is 4.88. The average molecular weight is 500 g/mol. The van der Waals surface area contributed by atoms with Crippen molar-refractivity contribution in [1.82, 2.24) is 25.2 Å². The molecule has 0 aliphatic rings. The predicted molar refractivity (Wildman–Crippen MR) is 137 cm³/mol. The summed E-state index contributed by atoms with van der Waals surface area (Å²) in [6.07, 6.45) is 1.56. The Morgan fingerprint density at radius 2 is 1.89 bits per heavy atom. The zero-order valence-corrected chi connectivity index (χ0v) is 20.5. The van der Waals surface area contributed by atoms with E-state index in [1.54, 1.807) is 39.3 Å². The van der Waals surface area contributed by atoms with Crippen molar-refractivity contribution in [1.29, 1.82) is 0 Å². The smallest absolute Gasteiger partial charge is 0.247 e. The van der Waals surface area contributed by atoms with Crippen LogP contribution in [0.15, 0.2) is 88.9 Å². The number of furan rings is 1. The molecule has 3 heterocycles. The Hall–Kier alpha value is -4.24. The first kappa shape index (κ1) is 23.5. The lowest BCUT2D eigenvalue weighted by atomic mass is 9.98. The summed E-state index contributed by atoms with van der Waals surface area (Å²) in [5.74, 6) is 0.117. The van der Waals surface area contributed by atoms with Crippen LogP contribution in [-0.2, 0) is 29.2 Å². The number of benzene rings is 2. The first-order chi connectivity index (χ1) is 17.6. The van der Waals surface area contributed by atoms with E-state index in [9.17, 15) is 9.59 Å². The molecule has 0 aliphatic carbocycles. The lowest BCUT2D eigenvalue weighted by Gasteiger charge is -2.32. The van der Waals surface area contributed by atoms with E-state index in [1.165, 1.54) is 0 Å². The summed E-state index contributed by atoms with van der Waals surface area (Å²) in [6, 6.07) is 21.8. The maximum atomic E-state index is 13.9. The molecule has 2 amide bonds. The van der Waals surface area contributed by atoms with Crippen LogP contribution in [0.3, 0.4) is 0 Å². The fraction of sp³-hybridized carbons (Fsp3) is 0.185. The summed E-state index contributed by atoms with van der Waals surface area (Å²) >= 11 is 1.54. The van der Waals surface area contributed by atoms with Gasteiger partial charge in [0.15, 0.2) is 0 Å². The van der Waals surface area contributed by atoms with Gasteiger partial charge in [-0.1, -0.05) is 47.7 Å². The molecular formula is C27H25N5O3S. The Morgan fingerprint density at radius 3 is 2.67 bits per heavy atom. The maximum Gasteiger partial charge on any atom is 0.247 e. The highest BCUT2D eigenvalue weighted by molar-refractivity contribution is 7.09. The molecule has 0 radical (unpaired) electrons. The first-order valence-corrected chi connectivity index (χ1v) is 12.4. The molecule has 0 saturated carbocycles. The van der Waals surface area contributed by atoms with Crippen LogP contribution < -0.4 is 5.32 Å². The van der Waals surface area contributed by atoms with Crippen molar-refractivity contribution < 1.29 is 14.0 Å². The second-order valence-corrected chi connectivity index (χ2v) is 9.43. The van der Waals surface area contributed by atoms with Crippen molar-refractivity contribution in [3.05, 3.63) is 106 Å². The van der Waals surface area contributed by atoms with Gasteiger partial charge in [0.05, 0.1) is 24.9 Å². The van der Waals surface area contributed by atoms with E-state index in [0.717, 1.165) is 21.5 Å². The summed E-state index contributed by atoms with van der Waals surface area (Å²) in [4.78, 5) is 30.2. The number of carbonyl (C=O) groups excluding carboxylic acids is 2. The predicted octanol–water partition coefficient (Wildman–Crippen LogP) is 4.48. The number of thiophene rings is 1. The van der Waals surface area contributed by atoms with Crippen LogP contribution in [0.4, 0.5) is 0 Å². The van der Waals surface area contributed by atoms with Crippen molar-refractivity contribution >= 4 is 34.2 Å². The molecule has 3 aromatic heterocycles. The molecule has 0 saturated heterocycles. The third-order valence-corrected chi connectivity index (χ3v) is 6.85. The Balaban J connectivity index is 1.51. The molecule has 182 valence electrons. The van der Waals surface area contributed by atoms with E-state index < -0.39 is 6.04 Å². The highest BCUT2D eigenvalue weighted by Crippen LogP contribution is 2.28. The minimum Gasteiger partial charge on any atom is -0.467 e. The number of rotatable bonds is 9. The highest BCUT2D eigenvalue weighted by atomic mass is 32.1. The molecule has 0 spiro atoms. The molecule has 36 heavy (non-hydrogen) atoms. The van der Waals surface area contributed by atoms with Crippen LogP contribution in [0.25, 0.3) is 11.0 Å². The van der Waals surface area contributed by atoms with E-state index in [0.29, 0.717) is 11.3 Å². The number of nitrogens with zero attached hydrogens (tertiary/aromatic N) is 4. The molecule has 1 atom stereocenters. The van der Waals surface area contributed by atoms with Gasteiger partial charge in [-0.25, -0.2) is 4.68 Å². The lowest BCUT2D eigenvalue weighted by Crippen LogP contribution is -2.44. The summed E-state index contributed by atoms with van der Waals surface area (Å²) in [5.41, 5.74) is 3.16. The molecule has 0 bridgehead atoms. The van der Waals surface area contributed by atoms with Crippen LogP contribution in [0, 0.1) is 6.92 Å². The van der Waals surface area contributed by atoms with Crippen LogP contribution in [-0.4, -0.2) is 31.7 Å². The SMILES string of the molecule is Cc1ccccc1[C@H](C(=O)NCc1ccco1)N(Cc1cccs1)C(=O)Cn1nnc2ccccc21. The summed E-state index contributed by atoms with van der Waals surface area (Å²) in [6.45, 7) is 2.42. The third-order valence-electron chi connectivity index (χ3n) is 5.99. The highest BCUT2D eigenvalue weighted by Gasteiger charge is 2.33. The Labute approximate surface area is 212 Å². The molecular weight excluding hydrogens is 474 g/mol. The molecule has 2 aromatic carbocycles. The molecule has 9 heteroatoms. The van der Waals surface area contributed by atoms with Crippen molar-refractivity contribution in [3.8, 4) is 0 Å². The van der Waals surface area contributed by atoms with Crippen LogP contribution in [0.1, 0.15) is 27.8 Å². The van der Waals surface area contributed by atoms with Gasteiger partial charge in [-0.3, -0.25) is 9.59 Å². The number of amides is 2. The van der Waals surface area contributed by atoms with E-state index >= 15 is 0 Å². The zero-order valence-electron chi connectivity index (χ0n) is 19.7. The number of hydrogen-bond acceptors (Lipinski definition) is 6. The van der Waals surface area contributed by atoms with Gasteiger partial charge < -0.3 is 14.6 Å². The summed E-state index contributed by atoms with van der Waals surface area (Å²) in [7, 11) is 0. The molecule has 8 nitrogen and oxygen atoms in total. The van der Waals surface area contributed by atoms with Gasteiger partial charge in [0.2, 0.25) is 11.8 Å². The maximum absolute atomic E-state index is 13.9. The topological polar surface area (TPSA) is 93.3 Å². The number of aryl methyl sites for hydroxylation is 1.